The first kappa shape index (κ1) is 22.7. The molecule has 35 heavy (non-hydrogen) atoms. The monoisotopic (exact) mass is 488 g/mol. The van der Waals surface area contributed by atoms with Crippen molar-refractivity contribution in [2.24, 2.45) is 5.73 Å². The highest BCUT2D eigenvalue weighted by molar-refractivity contribution is 6.31. The van der Waals surface area contributed by atoms with Gasteiger partial charge in [-0.3, -0.25) is 19.3 Å². The molecule has 0 saturated carbocycles. The minimum atomic E-state index is -0.747. The molecule has 0 bridgehead atoms. The van der Waals surface area contributed by atoms with E-state index in [0.29, 0.717) is 33.0 Å². The molecular weight excluding hydrogens is 468 g/mol. The molecule has 0 radical (unpaired) electrons. The minimum absolute atomic E-state index is 0.00443. The van der Waals surface area contributed by atoms with Crippen molar-refractivity contribution in [3.8, 4) is 5.75 Å². The number of amides is 2. The van der Waals surface area contributed by atoms with Gasteiger partial charge in [-0.15, -0.1) is 0 Å². The molecule has 0 saturated heterocycles. The molecule has 2 N–H and O–H groups in total. The highest BCUT2D eigenvalue weighted by Crippen LogP contribution is 2.42. The number of carbonyl (C=O) groups excluding carboxylic acids is 2. The predicted molar refractivity (Wildman–Crippen MR) is 133 cm³/mol. The van der Waals surface area contributed by atoms with E-state index in [9.17, 15) is 14.4 Å². The van der Waals surface area contributed by atoms with Crippen LogP contribution in [0.2, 0.25) is 5.02 Å². The van der Waals surface area contributed by atoms with Crippen LogP contribution in [0.4, 0.5) is 5.69 Å². The van der Waals surface area contributed by atoms with Gasteiger partial charge in [0.2, 0.25) is 5.76 Å². The first-order valence-corrected chi connectivity index (χ1v) is 11.3. The molecule has 2 heterocycles. The Morgan fingerprint density at radius 2 is 1.77 bits per heavy atom. The lowest BCUT2D eigenvalue weighted by Gasteiger charge is -2.25. The van der Waals surface area contributed by atoms with Crippen LogP contribution in [0.25, 0.3) is 11.0 Å². The maximum absolute atomic E-state index is 13.8. The van der Waals surface area contributed by atoms with Gasteiger partial charge in [0.1, 0.15) is 11.3 Å². The molecule has 3 aromatic carbocycles. The van der Waals surface area contributed by atoms with Crippen molar-refractivity contribution in [1.82, 2.24) is 0 Å². The normalized spacial score (nSPS) is 14.9. The average molecular weight is 489 g/mol. The zero-order valence-corrected chi connectivity index (χ0v) is 19.8. The molecule has 7 nitrogen and oxygen atoms in total. The van der Waals surface area contributed by atoms with Crippen molar-refractivity contribution < 1.29 is 18.7 Å². The van der Waals surface area contributed by atoms with Gasteiger partial charge in [-0.25, -0.2) is 0 Å². The summed E-state index contributed by atoms with van der Waals surface area (Å²) in [6, 6.07) is 16.5. The number of hydrogen-bond acceptors (Lipinski definition) is 5. The van der Waals surface area contributed by atoms with E-state index in [2.05, 4.69) is 0 Å². The predicted octanol–water partition coefficient (Wildman–Crippen LogP) is 4.68. The standard InChI is InChI=1S/C27H21ClN2O5/c1-14-10-20-21(11-15(14)2)35-26-23(25(20)32)24(16-6-8-19(9-7-16)34-13-22(29)31)30(27(26)33)18-5-3-4-17(28)12-18/h3-12,24H,13H2,1-2H3,(H2,29,31). The van der Waals surface area contributed by atoms with E-state index < -0.39 is 17.9 Å². The number of benzene rings is 3. The highest BCUT2D eigenvalue weighted by Gasteiger charge is 2.43. The van der Waals surface area contributed by atoms with Crippen molar-refractivity contribution >= 4 is 40.1 Å². The van der Waals surface area contributed by atoms with Gasteiger partial charge in [-0.2, -0.15) is 0 Å². The SMILES string of the molecule is Cc1cc2oc3c(c(=O)c2cc1C)C(c1ccc(OCC(N)=O)cc1)N(c1cccc(Cl)c1)C3=O. The molecule has 1 unspecified atom stereocenters. The third-order valence-electron chi connectivity index (χ3n) is 6.15. The number of nitrogens with two attached hydrogens (primary N) is 1. The second-order valence-electron chi connectivity index (χ2n) is 8.49. The summed E-state index contributed by atoms with van der Waals surface area (Å²) >= 11 is 6.23. The molecule has 5 rings (SSSR count). The van der Waals surface area contributed by atoms with Crippen LogP contribution < -0.4 is 20.8 Å². The summed E-state index contributed by atoms with van der Waals surface area (Å²) in [6.07, 6.45) is 0. The first-order valence-electron chi connectivity index (χ1n) is 10.9. The van der Waals surface area contributed by atoms with Gasteiger partial charge in [0.05, 0.1) is 17.0 Å². The van der Waals surface area contributed by atoms with Crippen LogP contribution >= 0.6 is 11.6 Å². The Hall–Kier alpha value is -4.10. The zero-order chi connectivity index (χ0) is 24.9. The molecule has 176 valence electrons. The zero-order valence-electron chi connectivity index (χ0n) is 19.0. The number of aryl methyl sites for hydroxylation is 2. The first-order chi connectivity index (χ1) is 16.7. The smallest absolute Gasteiger partial charge is 0.295 e. The molecule has 1 aromatic heterocycles. The van der Waals surface area contributed by atoms with E-state index >= 15 is 0 Å². The van der Waals surface area contributed by atoms with Crippen molar-refractivity contribution in [1.29, 1.82) is 0 Å². The third kappa shape index (κ3) is 3.94. The summed E-state index contributed by atoms with van der Waals surface area (Å²) in [5, 5.41) is 0.870. The van der Waals surface area contributed by atoms with Gasteiger partial charge in [0.15, 0.2) is 12.0 Å². The maximum atomic E-state index is 13.8. The van der Waals surface area contributed by atoms with Gasteiger partial charge in [-0.1, -0.05) is 29.8 Å². The quantitative estimate of drug-likeness (QED) is 0.439. The van der Waals surface area contributed by atoms with E-state index in [4.69, 9.17) is 26.5 Å². The molecule has 0 fully saturated rings. The number of fused-ring (bicyclic) bond motifs is 2. The molecule has 0 aliphatic carbocycles. The van der Waals surface area contributed by atoms with E-state index in [-0.39, 0.29) is 23.4 Å². The third-order valence-corrected chi connectivity index (χ3v) is 6.38. The molecule has 1 aliphatic rings. The minimum Gasteiger partial charge on any atom is -0.484 e. The lowest BCUT2D eigenvalue weighted by molar-refractivity contribution is -0.119. The van der Waals surface area contributed by atoms with Crippen molar-refractivity contribution in [3.05, 3.63) is 104 Å². The van der Waals surface area contributed by atoms with Gasteiger partial charge in [-0.05, 0) is 73.0 Å². The second kappa shape index (κ2) is 8.60. The van der Waals surface area contributed by atoms with Crippen molar-refractivity contribution in [2.45, 2.75) is 19.9 Å². The Morgan fingerprint density at radius 1 is 1.06 bits per heavy atom. The molecule has 0 spiro atoms. The van der Waals surface area contributed by atoms with Crippen LogP contribution in [-0.2, 0) is 4.79 Å². The molecule has 2 amide bonds. The fourth-order valence-electron chi connectivity index (χ4n) is 4.34. The van der Waals surface area contributed by atoms with Gasteiger partial charge in [0, 0.05) is 10.7 Å². The van der Waals surface area contributed by atoms with Gasteiger partial charge >= 0.3 is 0 Å². The summed E-state index contributed by atoms with van der Waals surface area (Å²) in [5.41, 5.74) is 8.62. The topological polar surface area (TPSA) is 103 Å². The van der Waals surface area contributed by atoms with Crippen molar-refractivity contribution in [3.63, 3.8) is 0 Å². The molecular formula is C27H21ClN2O5. The number of anilines is 1. The maximum Gasteiger partial charge on any atom is 0.295 e. The number of rotatable bonds is 5. The van der Waals surface area contributed by atoms with Crippen LogP contribution in [0, 0.1) is 13.8 Å². The van der Waals surface area contributed by atoms with Gasteiger partial charge in [0.25, 0.3) is 11.8 Å². The summed E-state index contributed by atoms with van der Waals surface area (Å²) in [7, 11) is 0. The fraction of sp³-hybridized carbons (Fsp3) is 0.148. The van der Waals surface area contributed by atoms with E-state index in [1.54, 1.807) is 60.7 Å². The van der Waals surface area contributed by atoms with Crippen LogP contribution in [0.5, 0.6) is 5.75 Å². The Bertz CT molecular complexity index is 1560. The molecule has 1 aliphatic heterocycles. The van der Waals surface area contributed by atoms with Gasteiger partial charge < -0.3 is 14.9 Å². The molecule has 8 heteroatoms. The summed E-state index contributed by atoms with van der Waals surface area (Å²) in [6.45, 7) is 3.59. The number of ether oxygens (including phenoxy) is 1. The highest BCUT2D eigenvalue weighted by atomic mass is 35.5. The van der Waals surface area contributed by atoms with Crippen LogP contribution in [0.3, 0.4) is 0 Å². The lowest BCUT2D eigenvalue weighted by atomic mass is 9.97. The Morgan fingerprint density at radius 3 is 2.46 bits per heavy atom. The lowest BCUT2D eigenvalue weighted by Crippen LogP contribution is -2.29. The van der Waals surface area contributed by atoms with Crippen LogP contribution in [-0.4, -0.2) is 18.4 Å². The molecule has 4 aromatic rings. The molecule has 1 atom stereocenters. The second-order valence-corrected chi connectivity index (χ2v) is 8.92. The number of carbonyl (C=O) groups is 2. The Labute approximate surface area is 205 Å². The number of hydrogen-bond donors (Lipinski definition) is 1. The van der Waals surface area contributed by atoms with Crippen molar-refractivity contribution in [2.75, 3.05) is 11.5 Å². The average Bonchev–Trinajstić information content (AvgIpc) is 3.12. The summed E-state index contributed by atoms with van der Waals surface area (Å²) in [5.74, 6) is -0.585. The fourth-order valence-corrected chi connectivity index (χ4v) is 4.52. The summed E-state index contributed by atoms with van der Waals surface area (Å²) in [4.78, 5) is 40.0. The largest absolute Gasteiger partial charge is 0.484 e. The summed E-state index contributed by atoms with van der Waals surface area (Å²) < 4.78 is 11.4. The van der Waals surface area contributed by atoms with E-state index in [0.717, 1.165) is 11.1 Å². The number of halogens is 1. The Kier molecular flexibility index (Phi) is 5.57. The van der Waals surface area contributed by atoms with E-state index in [1.165, 1.54) is 4.90 Å². The number of nitrogens with zero attached hydrogens (tertiary/aromatic N) is 1. The van der Waals surface area contributed by atoms with Crippen LogP contribution in [0.15, 0.2) is 69.9 Å². The Balaban J connectivity index is 1.71. The number of primary amides is 1. The van der Waals surface area contributed by atoms with E-state index in [1.807, 2.05) is 13.8 Å². The van der Waals surface area contributed by atoms with Crippen LogP contribution in [0.1, 0.15) is 38.9 Å².